The number of H-pyrrole nitrogens is 1. The van der Waals surface area contributed by atoms with E-state index in [1.165, 1.54) is 4.57 Å². The van der Waals surface area contributed by atoms with Crippen LogP contribution in [0.3, 0.4) is 0 Å². The largest absolute Gasteiger partial charge is 0.496 e. The quantitative estimate of drug-likeness (QED) is 0.481. The van der Waals surface area contributed by atoms with E-state index in [2.05, 4.69) is 20.1 Å². The van der Waals surface area contributed by atoms with Gasteiger partial charge in [-0.2, -0.15) is 0 Å². The molecule has 0 aliphatic rings. The first-order valence-electron chi connectivity index (χ1n) is 9.06. The molecule has 4 heterocycles. The number of pyridine rings is 2. The molecule has 0 amide bonds. The van der Waals surface area contributed by atoms with Crippen LogP contribution in [0.15, 0.2) is 65.7 Å². The summed E-state index contributed by atoms with van der Waals surface area (Å²) in [6.45, 7) is 1.84. The SMILES string of the molecule is COc1ccccc1-c1c2c(=O)n(-c3ccccn3)ccc2nc2nc(C)[nH][n+]12. The van der Waals surface area contributed by atoms with E-state index in [1.807, 2.05) is 43.3 Å². The van der Waals surface area contributed by atoms with Crippen molar-refractivity contribution in [1.29, 1.82) is 0 Å². The molecule has 0 atom stereocenters. The Morgan fingerprint density at radius 1 is 1.07 bits per heavy atom. The summed E-state index contributed by atoms with van der Waals surface area (Å²) in [7, 11) is 1.61. The van der Waals surface area contributed by atoms with Gasteiger partial charge < -0.3 is 4.74 Å². The molecular weight excluding hydrogens is 368 g/mol. The number of aryl methyl sites for hydroxylation is 1. The number of methoxy groups -OCH3 is 1. The van der Waals surface area contributed by atoms with Crippen LogP contribution in [0.25, 0.3) is 33.8 Å². The molecule has 1 aromatic carbocycles. The number of ether oxygens (including phenoxy) is 1. The fourth-order valence-corrected chi connectivity index (χ4v) is 3.50. The van der Waals surface area contributed by atoms with Crippen molar-refractivity contribution < 1.29 is 9.25 Å². The van der Waals surface area contributed by atoms with Crippen LogP contribution in [-0.2, 0) is 0 Å². The summed E-state index contributed by atoms with van der Waals surface area (Å²) in [5.41, 5.74) is 1.72. The van der Waals surface area contributed by atoms with Crippen molar-refractivity contribution in [2.45, 2.75) is 6.92 Å². The summed E-state index contributed by atoms with van der Waals surface area (Å²) in [4.78, 5) is 26.9. The lowest BCUT2D eigenvalue weighted by atomic mass is 10.1. The number of nitrogens with zero attached hydrogens (tertiary/aromatic N) is 5. The molecule has 5 aromatic rings. The second-order valence-electron chi connectivity index (χ2n) is 6.54. The summed E-state index contributed by atoms with van der Waals surface area (Å²) >= 11 is 0. The van der Waals surface area contributed by atoms with E-state index in [0.29, 0.717) is 39.8 Å². The van der Waals surface area contributed by atoms with Gasteiger partial charge >= 0.3 is 5.78 Å². The van der Waals surface area contributed by atoms with E-state index in [4.69, 9.17) is 4.74 Å². The first kappa shape index (κ1) is 17.1. The zero-order valence-electron chi connectivity index (χ0n) is 15.8. The molecule has 8 heteroatoms. The highest BCUT2D eigenvalue weighted by atomic mass is 16.5. The van der Waals surface area contributed by atoms with Crippen molar-refractivity contribution >= 4 is 16.7 Å². The number of nitrogens with one attached hydrogen (secondary N) is 1. The van der Waals surface area contributed by atoms with E-state index in [9.17, 15) is 4.79 Å². The zero-order chi connectivity index (χ0) is 20.0. The maximum absolute atomic E-state index is 13.6. The maximum Gasteiger partial charge on any atom is 0.458 e. The normalized spacial score (nSPS) is 11.2. The zero-order valence-corrected chi connectivity index (χ0v) is 15.8. The number of hydrogen-bond donors (Lipinski definition) is 1. The van der Waals surface area contributed by atoms with Gasteiger partial charge in [-0.25, -0.2) is 10.1 Å². The van der Waals surface area contributed by atoms with Crippen molar-refractivity contribution in [3.63, 3.8) is 0 Å². The molecule has 29 heavy (non-hydrogen) atoms. The Morgan fingerprint density at radius 2 is 1.90 bits per heavy atom. The highest BCUT2D eigenvalue weighted by Gasteiger charge is 2.26. The minimum Gasteiger partial charge on any atom is -0.496 e. The van der Waals surface area contributed by atoms with Crippen LogP contribution >= 0.6 is 0 Å². The highest BCUT2D eigenvalue weighted by Crippen LogP contribution is 2.30. The average Bonchev–Trinajstić information content (AvgIpc) is 3.13. The fraction of sp³-hybridized carbons (Fsp3) is 0.0952. The minimum absolute atomic E-state index is 0.226. The molecule has 4 aromatic heterocycles. The lowest BCUT2D eigenvalue weighted by Gasteiger charge is -2.10. The van der Waals surface area contributed by atoms with Gasteiger partial charge in [0.2, 0.25) is 5.82 Å². The predicted molar refractivity (Wildman–Crippen MR) is 107 cm³/mol. The third-order valence-electron chi connectivity index (χ3n) is 4.75. The van der Waals surface area contributed by atoms with Crippen LogP contribution in [0.5, 0.6) is 5.75 Å². The molecule has 0 bridgehead atoms. The number of rotatable bonds is 3. The van der Waals surface area contributed by atoms with Gasteiger partial charge in [0.1, 0.15) is 17.0 Å². The molecule has 0 saturated heterocycles. The first-order chi connectivity index (χ1) is 14.2. The molecule has 1 N–H and O–H groups in total. The second kappa shape index (κ2) is 6.52. The van der Waals surface area contributed by atoms with Gasteiger partial charge in [-0.3, -0.25) is 9.36 Å². The summed E-state index contributed by atoms with van der Waals surface area (Å²) in [5.74, 6) is 2.35. The van der Waals surface area contributed by atoms with Crippen LogP contribution < -0.4 is 14.8 Å². The molecule has 0 aliphatic heterocycles. The average molecular weight is 385 g/mol. The number of aromatic nitrogens is 6. The van der Waals surface area contributed by atoms with Crippen molar-refractivity contribution in [1.82, 2.24) is 24.6 Å². The topological polar surface area (TPSA) is 89.8 Å². The van der Waals surface area contributed by atoms with E-state index in [0.717, 1.165) is 5.56 Å². The molecule has 0 unspecified atom stereocenters. The van der Waals surface area contributed by atoms with Crippen molar-refractivity contribution in [2.24, 2.45) is 0 Å². The molecule has 0 spiro atoms. The van der Waals surface area contributed by atoms with E-state index in [-0.39, 0.29) is 5.56 Å². The van der Waals surface area contributed by atoms with Gasteiger partial charge in [-0.1, -0.05) is 28.2 Å². The smallest absolute Gasteiger partial charge is 0.458 e. The first-order valence-corrected chi connectivity index (χ1v) is 9.06. The van der Waals surface area contributed by atoms with Crippen molar-refractivity contribution in [3.05, 3.63) is 77.1 Å². The van der Waals surface area contributed by atoms with Crippen LogP contribution in [-0.4, -0.2) is 31.7 Å². The lowest BCUT2D eigenvalue weighted by Crippen LogP contribution is -2.31. The third kappa shape index (κ3) is 2.65. The van der Waals surface area contributed by atoms with Gasteiger partial charge in [0.25, 0.3) is 5.56 Å². The second-order valence-corrected chi connectivity index (χ2v) is 6.54. The van der Waals surface area contributed by atoms with Crippen LogP contribution in [0.4, 0.5) is 0 Å². The van der Waals surface area contributed by atoms with Crippen molar-refractivity contribution in [3.8, 4) is 22.8 Å². The molecule has 142 valence electrons. The van der Waals surface area contributed by atoms with Gasteiger partial charge in [-0.15, -0.1) is 4.52 Å². The van der Waals surface area contributed by atoms with E-state index in [1.54, 1.807) is 36.2 Å². The van der Waals surface area contributed by atoms with E-state index < -0.39 is 0 Å². The summed E-state index contributed by atoms with van der Waals surface area (Å²) in [6, 6.07) is 14.8. The Kier molecular flexibility index (Phi) is 3.83. The number of hydrogen-bond acceptors (Lipinski definition) is 5. The van der Waals surface area contributed by atoms with Gasteiger partial charge in [0.05, 0.1) is 12.7 Å². The fourth-order valence-electron chi connectivity index (χ4n) is 3.50. The van der Waals surface area contributed by atoms with Crippen molar-refractivity contribution in [2.75, 3.05) is 7.11 Å². The highest BCUT2D eigenvalue weighted by molar-refractivity contribution is 5.92. The Balaban J connectivity index is 1.97. The van der Waals surface area contributed by atoms with Gasteiger partial charge in [0.15, 0.2) is 11.2 Å². The Labute approximate surface area is 165 Å². The maximum atomic E-state index is 13.6. The molecule has 0 saturated carbocycles. The Bertz CT molecular complexity index is 1420. The van der Waals surface area contributed by atoms with Crippen LogP contribution in [0.2, 0.25) is 0 Å². The van der Waals surface area contributed by atoms with Crippen LogP contribution in [0.1, 0.15) is 5.82 Å². The molecule has 0 radical (unpaired) electrons. The molecular formula is C21H17N6O2+. The standard InChI is InChI=1S/C21H16N6O2/c1-13-23-21-24-15-10-12-26(17-9-5-6-11-22-17)20(28)18(15)19(27(21)25-13)14-7-3-4-8-16(14)29-2/h3-12H,1-2H3/p+1. The molecule has 5 rings (SSSR count). The molecule has 0 aliphatic carbocycles. The van der Waals surface area contributed by atoms with Crippen LogP contribution in [0, 0.1) is 6.92 Å². The summed E-state index contributed by atoms with van der Waals surface area (Å²) in [6.07, 6.45) is 3.34. The summed E-state index contributed by atoms with van der Waals surface area (Å²) < 4.78 is 8.80. The lowest BCUT2D eigenvalue weighted by molar-refractivity contribution is -0.567. The van der Waals surface area contributed by atoms with Gasteiger partial charge in [-0.05, 0) is 30.3 Å². The summed E-state index contributed by atoms with van der Waals surface area (Å²) in [5, 5.41) is 3.63. The predicted octanol–water partition coefficient (Wildman–Crippen LogP) is 2.23. The Morgan fingerprint density at radius 3 is 2.69 bits per heavy atom. The number of aromatic amines is 1. The monoisotopic (exact) mass is 385 g/mol. The number of para-hydroxylation sites is 1. The molecule has 0 fully saturated rings. The molecule has 8 nitrogen and oxygen atoms in total. The number of benzene rings is 1. The minimum atomic E-state index is -0.226. The number of fused-ring (bicyclic) bond motifs is 2. The third-order valence-corrected chi connectivity index (χ3v) is 4.75. The van der Waals surface area contributed by atoms with Gasteiger partial charge in [0, 0.05) is 19.3 Å². The van der Waals surface area contributed by atoms with E-state index >= 15 is 0 Å². The Hall–Kier alpha value is -4.07.